The number of nitrogens with one attached hydrogen (secondary N) is 1. The van der Waals surface area contributed by atoms with Crippen LogP contribution < -0.4 is 10.1 Å². The molecule has 1 N–H and O–H groups in total. The summed E-state index contributed by atoms with van der Waals surface area (Å²) in [5.41, 5.74) is 1.79. The molecular formula is C21H24N4O2. The smallest absolute Gasteiger partial charge is 0.263 e. The second kappa shape index (κ2) is 7.61. The first kappa shape index (κ1) is 18.6. The molecule has 0 spiro atoms. The quantitative estimate of drug-likeness (QED) is 0.746. The summed E-state index contributed by atoms with van der Waals surface area (Å²) in [6, 6.07) is 15.0. The van der Waals surface area contributed by atoms with Gasteiger partial charge in [0.15, 0.2) is 12.4 Å². The number of carbonyl (C=O) groups excluding carboxylic acids is 1. The van der Waals surface area contributed by atoms with Crippen LogP contribution in [-0.2, 0) is 10.2 Å². The van der Waals surface area contributed by atoms with Gasteiger partial charge in [0.2, 0.25) is 0 Å². The van der Waals surface area contributed by atoms with Crippen LogP contribution in [0.3, 0.4) is 0 Å². The van der Waals surface area contributed by atoms with E-state index < -0.39 is 0 Å². The van der Waals surface area contributed by atoms with Crippen molar-refractivity contribution in [2.45, 2.75) is 33.1 Å². The Bertz CT molecular complexity index is 927. The lowest BCUT2D eigenvalue weighted by atomic mass is 9.92. The lowest BCUT2D eigenvalue weighted by Crippen LogP contribution is -2.22. The number of nitrogens with zero attached hydrogens (tertiary/aromatic N) is 3. The number of amides is 1. The third-order valence-corrected chi connectivity index (χ3v) is 3.97. The second-order valence-corrected chi connectivity index (χ2v) is 7.42. The van der Waals surface area contributed by atoms with E-state index in [-0.39, 0.29) is 17.9 Å². The first-order valence-electron chi connectivity index (χ1n) is 8.84. The van der Waals surface area contributed by atoms with E-state index in [4.69, 9.17) is 4.74 Å². The SMILES string of the molecule is Cc1cccc(OCC(=O)Nc2cc(C(C)(C)C)nn2-c2ccccn2)c1. The summed E-state index contributed by atoms with van der Waals surface area (Å²) in [5, 5.41) is 7.52. The molecular weight excluding hydrogens is 340 g/mol. The minimum Gasteiger partial charge on any atom is -0.484 e. The molecule has 1 amide bonds. The van der Waals surface area contributed by atoms with Crippen molar-refractivity contribution >= 4 is 11.7 Å². The molecule has 2 heterocycles. The lowest BCUT2D eigenvalue weighted by molar-refractivity contribution is -0.118. The Morgan fingerprint density at radius 3 is 2.63 bits per heavy atom. The van der Waals surface area contributed by atoms with Crippen molar-refractivity contribution in [2.24, 2.45) is 0 Å². The van der Waals surface area contributed by atoms with Gasteiger partial charge in [-0.05, 0) is 36.8 Å². The van der Waals surface area contributed by atoms with E-state index >= 15 is 0 Å². The van der Waals surface area contributed by atoms with Crippen LogP contribution in [0.15, 0.2) is 54.7 Å². The van der Waals surface area contributed by atoms with E-state index in [2.05, 4.69) is 36.2 Å². The minimum absolute atomic E-state index is 0.0816. The average Bonchev–Trinajstić information content (AvgIpc) is 3.05. The fourth-order valence-corrected chi connectivity index (χ4v) is 2.52. The van der Waals surface area contributed by atoms with Gasteiger partial charge in [0, 0.05) is 17.7 Å². The number of carbonyl (C=O) groups is 1. The molecule has 0 saturated carbocycles. The zero-order chi connectivity index (χ0) is 19.4. The van der Waals surface area contributed by atoms with Crippen LogP contribution >= 0.6 is 0 Å². The maximum absolute atomic E-state index is 12.4. The van der Waals surface area contributed by atoms with E-state index in [1.807, 2.05) is 55.5 Å². The highest BCUT2D eigenvalue weighted by Gasteiger charge is 2.22. The van der Waals surface area contributed by atoms with E-state index in [0.717, 1.165) is 11.3 Å². The topological polar surface area (TPSA) is 69.0 Å². The normalized spacial score (nSPS) is 11.3. The van der Waals surface area contributed by atoms with Crippen molar-refractivity contribution in [3.8, 4) is 11.6 Å². The molecule has 140 valence electrons. The van der Waals surface area contributed by atoms with E-state index in [9.17, 15) is 4.79 Å². The molecule has 27 heavy (non-hydrogen) atoms. The van der Waals surface area contributed by atoms with Crippen LogP contribution in [0.5, 0.6) is 5.75 Å². The summed E-state index contributed by atoms with van der Waals surface area (Å²) in [4.78, 5) is 16.7. The molecule has 0 radical (unpaired) electrons. The van der Waals surface area contributed by atoms with Gasteiger partial charge in [-0.25, -0.2) is 4.98 Å². The van der Waals surface area contributed by atoms with Crippen LogP contribution in [0.25, 0.3) is 5.82 Å². The van der Waals surface area contributed by atoms with E-state index in [1.165, 1.54) is 0 Å². The highest BCUT2D eigenvalue weighted by atomic mass is 16.5. The Morgan fingerprint density at radius 2 is 1.96 bits per heavy atom. The predicted octanol–water partition coefficient (Wildman–Crippen LogP) is 3.89. The molecule has 0 aliphatic carbocycles. The molecule has 2 aromatic heterocycles. The zero-order valence-electron chi connectivity index (χ0n) is 16.1. The van der Waals surface area contributed by atoms with Crippen LogP contribution in [0.2, 0.25) is 0 Å². The van der Waals surface area contributed by atoms with Gasteiger partial charge in [-0.1, -0.05) is 39.0 Å². The minimum atomic E-state index is -0.256. The van der Waals surface area contributed by atoms with Gasteiger partial charge >= 0.3 is 0 Å². The van der Waals surface area contributed by atoms with Gasteiger partial charge in [0.25, 0.3) is 5.91 Å². The second-order valence-electron chi connectivity index (χ2n) is 7.42. The highest BCUT2D eigenvalue weighted by Crippen LogP contribution is 2.25. The Labute approximate surface area is 159 Å². The molecule has 3 rings (SSSR count). The summed E-state index contributed by atoms with van der Waals surface area (Å²) in [6.07, 6.45) is 1.69. The zero-order valence-corrected chi connectivity index (χ0v) is 16.1. The van der Waals surface area contributed by atoms with Crippen molar-refractivity contribution in [2.75, 3.05) is 11.9 Å². The predicted molar refractivity (Wildman–Crippen MR) is 105 cm³/mol. The van der Waals surface area contributed by atoms with Gasteiger partial charge in [0.1, 0.15) is 11.6 Å². The first-order valence-corrected chi connectivity index (χ1v) is 8.84. The molecule has 0 fully saturated rings. The number of aryl methyl sites for hydroxylation is 1. The van der Waals surface area contributed by atoms with Gasteiger partial charge in [-0.2, -0.15) is 9.78 Å². The maximum Gasteiger partial charge on any atom is 0.263 e. The molecule has 6 nitrogen and oxygen atoms in total. The van der Waals surface area contributed by atoms with Crippen molar-refractivity contribution in [1.29, 1.82) is 0 Å². The summed E-state index contributed by atoms with van der Waals surface area (Å²) < 4.78 is 7.23. The largest absolute Gasteiger partial charge is 0.484 e. The van der Waals surface area contributed by atoms with E-state index in [1.54, 1.807) is 10.9 Å². The average molecular weight is 364 g/mol. The first-order chi connectivity index (χ1) is 12.8. The van der Waals surface area contributed by atoms with Crippen molar-refractivity contribution < 1.29 is 9.53 Å². The summed E-state index contributed by atoms with van der Waals surface area (Å²) in [7, 11) is 0. The maximum atomic E-state index is 12.4. The van der Waals surface area contributed by atoms with Crippen LogP contribution in [0, 0.1) is 6.92 Å². The van der Waals surface area contributed by atoms with Gasteiger partial charge in [-0.3, -0.25) is 4.79 Å². The Balaban J connectivity index is 1.78. The monoisotopic (exact) mass is 364 g/mol. The Hall–Kier alpha value is -3.15. The summed E-state index contributed by atoms with van der Waals surface area (Å²) in [5.74, 6) is 1.62. The molecule has 0 saturated heterocycles. The van der Waals surface area contributed by atoms with Gasteiger partial charge < -0.3 is 10.1 Å². The van der Waals surface area contributed by atoms with E-state index in [0.29, 0.717) is 17.4 Å². The summed E-state index contributed by atoms with van der Waals surface area (Å²) >= 11 is 0. The molecule has 0 atom stereocenters. The standard InChI is InChI=1S/C21H24N4O2/c1-15-8-7-9-16(12-15)27-14-20(26)23-19-13-17(21(2,3)4)24-25(19)18-10-5-6-11-22-18/h5-13H,14H2,1-4H3,(H,23,26). The Morgan fingerprint density at radius 1 is 1.15 bits per heavy atom. The third kappa shape index (κ3) is 4.73. The Kier molecular flexibility index (Phi) is 5.26. The lowest BCUT2D eigenvalue weighted by Gasteiger charge is -2.13. The van der Waals surface area contributed by atoms with Gasteiger partial charge in [0.05, 0.1) is 5.69 Å². The fraction of sp³-hybridized carbons (Fsp3) is 0.286. The van der Waals surface area contributed by atoms with Crippen molar-refractivity contribution in [3.05, 3.63) is 66.0 Å². The van der Waals surface area contributed by atoms with Crippen LogP contribution in [-0.4, -0.2) is 27.3 Å². The van der Waals surface area contributed by atoms with Crippen molar-refractivity contribution in [3.63, 3.8) is 0 Å². The molecule has 0 aliphatic heterocycles. The number of aromatic nitrogens is 3. The number of rotatable bonds is 5. The molecule has 3 aromatic rings. The number of hydrogen-bond donors (Lipinski definition) is 1. The number of benzene rings is 1. The number of pyridine rings is 1. The molecule has 0 aliphatic rings. The number of hydrogen-bond acceptors (Lipinski definition) is 4. The van der Waals surface area contributed by atoms with Crippen LogP contribution in [0.1, 0.15) is 32.0 Å². The molecule has 0 unspecified atom stereocenters. The van der Waals surface area contributed by atoms with Crippen molar-refractivity contribution in [1.82, 2.24) is 14.8 Å². The molecule has 6 heteroatoms. The summed E-state index contributed by atoms with van der Waals surface area (Å²) in [6.45, 7) is 8.12. The van der Waals surface area contributed by atoms with Crippen LogP contribution in [0.4, 0.5) is 5.82 Å². The highest BCUT2D eigenvalue weighted by molar-refractivity contribution is 5.91. The molecule has 0 bridgehead atoms. The number of ether oxygens (including phenoxy) is 1. The van der Waals surface area contributed by atoms with Gasteiger partial charge in [-0.15, -0.1) is 0 Å². The molecule has 1 aromatic carbocycles. The fourth-order valence-electron chi connectivity index (χ4n) is 2.52. The third-order valence-electron chi connectivity index (χ3n) is 3.97. The number of anilines is 1.